The third-order valence-electron chi connectivity index (χ3n) is 1.98. The van der Waals surface area contributed by atoms with Crippen molar-refractivity contribution in [3.8, 4) is 5.75 Å². The van der Waals surface area contributed by atoms with Gasteiger partial charge in [0.05, 0.1) is 4.92 Å². The Morgan fingerprint density at radius 1 is 1.59 bits per heavy atom. The molecule has 0 aliphatic heterocycles. The molecule has 0 aliphatic rings. The quantitative estimate of drug-likeness (QED) is 0.482. The minimum absolute atomic E-state index is 0.112. The van der Waals surface area contributed by atoms with Gasteiger partial charge in [-0.1, -0.05) is 12.2 Å². The maximum Gasteiger partial charge on any atom is 0.339 e. The molecule has 17 heavy (non-hydrogen) atoms. The van der Waals surface area contributed by atoms with Crippen LogP contribution in [0.25, 0.3) is 0 Å². The zero-order chi connectivity index (χ0) is 12.8. The van der Waals surface area contributed by atoms with Crippen LogP contribution in [0.15, 0.2) is 30.4 Å². The SMILES string of the molecule is CC=CCOc1ccc([N+](=O)[O-])cc1C(=O)O. The van der Waals surface area contributed by atoms with E-state index in [0.717, 1.165) is 6.07 Å². The Balaban J connectivity index is 3.04. The van der Waals surface area contributed by atoms with Gasteiger partial charge in [-0.25, -0.2) is 4.79 Å². The van der Waals surface area contributed by atoms with Crippen molar-refractivity contribution in [3.05, 3.63) is 46.0 Å². The fourth-order valence-corrected chi connectivity index (χ4v) is 1.16. The van der Waals surface area contributed by atoms with E-state index in [2.05, 4.69) is 0 Å². The van der Waals surface area contributed by atoms with Crippen LogP contribution < -0.4 is 4.74 Å². The summed E-state index contributed by atoms with van der Waals surface area (Å²) < 4.78 is 5.18. The van der Waals surface area contributed by atoms with E-state index in [4.69, 9.17) is 9.84 Å². The van der Waals surface area contributed by atoms with Crippen LogP contribution in [-0.4, -0.2) is 22.6 Å². The van der Waals surface area contributed by atoms with Crippen molar-refractivity contribution in [2.75, 3.05) is 6.61 Å². The molecule has 1 aromatic carbocycles. The normalized spacial score (nSPS) is 10.4. The van der Waals surface area contributed by atoms with Gasteiger partial charge in [-0.2, -0.15) is 0 Å². The summed E-state index contributed by atoms with van der Waals surface area (Å²) in [7, 11) is 0. The number of nitro benzene ring substituents is 1. The Morgan fingerprint density at radius 2 is 2.29 bits per heavy atom. The van der Waals surface area contributed by atoms with E-state index in [-0.39, 0.29) is 23.6 Å². The highest BCUT2D eigenvalue weighted by Crippen LogP contribution is 2.24. The van der Waals surface area contributed by atoms with Crippen LogP contribution in [0.2, 0.25) is 0 Å². The molecule has 0 bridgehead atoms. The van der Waals surface area contributed by atoms with Gasteiger partial charge < -0.3 is 9.84 Å². The standard InChI is InChI=1S/C11H11NO5/c1-2-3-6-17-10-5-4-8(12(15)16)7-9(10)11(13)14/h2-5,7H,6H2,1H3,(H,13,14). The zero-order valence-corrected chi connectivity index (χ0v) is 9.12. The first kappa shape index (κ1) is 12.7. The maximum atomic E-state index is 10.9. The lowest BCUT2D eigenvalue weighted by atomic mass is 10.2. The summed E-state index contributed by atoms with van der Waals surface area (Å²) >= 11 is 0. The Labute approximate surface area is 97.3 Å². The molecule has 1 aromatic rings. The lowest BCUT2D eigenvalue weighted by Crippen LogP contribution is -2.04. The zero-order valence-electron chi connectivity index (χ0n) is 9.12. The van der Waals surface area contributed by atoms with Gasteiger partial charge in [0.15, 0.2) is 0 Å². The number of hydrogen-bond acceptors (Lipinski definition) is 4. The molecule has 0 fully saturated rings. The summed E-state index contributed by atoms with van der Waals surface area (Å²) in [4.78, 5) is 20.8. The van der Waals surface area contributed by atoms with Crippen LogP contribution in [0.3, 0.4) is 0 Å². The second kappa shape index (κ2) is 5.64. The number of nitrogens with zero attached hydrogens (tertiary/aromatic N) is 1. The summed E-state index contributed by atoms with van der Waals surface area (Å²) in [5.41, 5.74) is -0.496. The summed E-state index contributed by atoms with van der Waals surface area (Å²) in [5, 5.41) is 19.4. The van der Waals surface area contributed by atoms with E-state index >= 15 is 0 Å². The molecule has 6 nitrogen and oxygen atoms in total. The molecule has 0 unspecified atom stereocenters. The number of rotatable bonds is 5. The number of benzene rings is 1. The minimum Gasteiger partial charge on any atom is -0.489 e. The number of carbonyl (C=O) groups is 1. The summed E-state index contributed by atoms with van der Waals surface area (Å²) in [6.45, 7) is 2.02. The molecular formula is C11H11NO5. The number of hydrogen-bond donors (Lipinski definition) is 1. The largest absolute Gasteiger partial charge is 0.489 e. The smallest absolute Gasteiger partial charge is 0.339 e. The summed E-state index contributed by atoms with van der Waals surface area (Å²) in [6.07, 6.45) is 3.46. The molecule has 0 heterocycles. The average molecular weight is 237 g/mol. The molecule has 0 aromatic heterocycles. The summed E-state index contributed by atoms with van der Waals surface area (Å²) in [5.74, 6) is -1.15. The van der Waals surface area contributed by atoms with Gasteiger partial charge in [0, 0.05) is 12.1 Å². The van der Waals surface area contributed by atoms with E-state index in [1.807, 2.05) is 0 Å². The van der Waals surface area contributed by atoms with Crippen molar-refractivity contribution in [1.82, 2.24) is 0 Å². The number of nitro groups is 1. The van der Waals surface area contributed by atoms with Gasteiger partial charge in [-0.15, -0.1) is 0 Å². The van der Waals surface area contributed by atoms with Crippen molar-refractivity contribution in [2.45, 2.75) is 6.92 Å². The predicted octanol–water partition coefficient (Wildman–Crippen LogP) is 2.25. The van der Waals surface area contributed by atoms with Crippen LogP contribution >= 0.6 is 0 Å². The first-order chi connectivity index (χ1) is 8.06. The molecule has 0 spiro atoms. The van der Waals surface area contributed by atoms with Gasteiger partial charge in [-0.3, -0.25) is 10.1 Å². The molecular weight excluding hydrogens is 226 g/mol. The Morgan fingerprint density at radius 3 is 2.82 bits per heavy atom. The topological polar surface area (TPSA) is 89.7 Å². The number of aromatic carboxylic acids is 1. The maximum absolute atomic E-state index is 10.9. The van der Waals surface area contributed by atoms with Crippen LogP contribution in [0.1, 0.15) is 17.3 Å². The lowest BCUT2D eigenvalue weighted by Gasteiger charge is -2.06. The lowest BCUT2D eigenvalue weighted by molar-refractivity contribution is -0.384. The molecule has 0 atom stereocenters. The van der Waals surface area contributed by atoms with Gasteiger partial charge in [0.25, 0.3) is 5.69 Å². The fraction of sp³-hybridized carbons (Fsp3) is 0.182. The van der Waals surface area contributed by atoms with Crippen LogP contribution in [0.5, 0.6) is 5.75 Å². The molecule has 0 amide bonds. The van der Waals surface area contributed by atoms with Crippen LogP contribution in [-0.2, 0) is 0 Å². The average Bonchev–Trinajstić information content (AvgIpc) is 2.29. The number of carboxylic acid groups (broad SMARTS) is 1. The second-order valence-corrected chi connectivity index (χ2v) is 3.12. The molecule has 0 saturated carbocycles. The third-order valence-corrected chi connectivity index (χ3v) is 1.98. The third kappa shape index (κ3) is 3.30. The molecule has 90 valence electrons. The predicted molar refractivity (Wildman–Crippen MR) is 60.4 cm³/mol. The van der Waals surface area contributed by atoms with Crippen LogP contribution in [0.4, 0.5) is 5.69 Å². The van der Waals surface area contributed by atoms with Crippen molar-refractivity contribution in [2.24, 2.45) is 0 Å². The fourth-order valence-electron chi connectivity index (χ4n) is 1.16. The molecule has 1 rings (SSSR count). The molecule has 1 N–H and O–H groups in total. The monoisotopic (exact) mass is 237 g/mol. The van der Waals surface area contributed by atoms with Crippen molar-refractivity contribution in [1.29, 1.82) is 0 Å². The highest BCUT2D eigenvalue weighted by molar-refractivity contribution is 5.91. The first-order valence-electron chi connectivity index (χ1n) is 4.82. The van der Waals surface area contributed by atoms with E-state index in [0.29, 0.717) is 0 Å². The number of carboxylic acids is 1. The van der Waals surface area contributed by atoms with Crippen molar-refractivity contribution >= 4 is 11.7 Å². The van der Waals surface area contributed by atoms with E-state index in [9.17, 15) is 14.9 Å². The molecule has 0 aliphatic carbocycles. The second-order valence-electron chi connectivity index (χ2n) is 3.12. The van der Waals surface area contributed by atoms with Gasteiger partial charge >= 0.3 is 5.97 Å². The van der Waals surface area contributed by atoms with Gasteiger partial charge in [0.1, 0.15) is 17.9 Å². The highest BCUT2D eigenvalue weighted by atomic mass is 16.6. The van der Waals surface area contributed by atoms with E-state index in [1.54, 1.807) is 19.1 Å². The van der Waals surface area contributed by atoms with Gasteiger partial charge in [-0.05, 0) is 13.0 Å². The van der Waals surface area contributed by atoms with E-state index < -0.39 is 10.9 Å². The van der Waals surface area contributed by atoms with Crippen molar-refractivity contribution < 1.29 is 19.6 Å². The number of non-ortho nitro benzene ring substituents is 1. The Hall–Kier alpha value is -2.37. The summed E-state index contributed by atoms with van der Waals surface area (Å²) in [6, 6.07) is 3.47. The Bertz CT molecular complexity index is 467. The molecule has 6 heteroatoms. The highest BCUT2D eigenvalue weighted by Gasteiger charge is 2.16. The molecule has 0 saturated heterocycles. The molecule has 0 radical (unpaired) electrons. The number of ether oxygens (including phenoxy) is 1. The van der Waals surface area contributed by atoms with Gasteiger partial charge in [0.2, 0.25) is 0 Å². The number of allylic oxidation sites excluding steroid dienone is 1. The van der Waals surface area contributed by atoms with Crippen LogP contribution in [0, 0.1) is 10.1 Å². The first-order valence-corrected chi connectivity index (χ1v) is 4.82. The Kier molecular flexibility index (Phi) is 4.21. The van der Waals surface area contributed by atoms with Crippen molar-refractivity contribution in [3.63, 3.8) is 0 Å². The minimum atomic E-state index is -1.26. The van der Waals surface area contributed by atoms with E-state index in [1.165, 1.54) is 12.1 Å².